The summed E-state index contributed by atoms with van der Waals surface area (Å²) in [5, 5.41) is 0. The molecule has 50 valence electrons. The summed E-state index contributed by atoms with van der Waals surface area (Å²) in [5.74, 6) is 0. The standard InChI is InChI=1S/C5H15P3/c1-6(2)8(5)7(3)4/h1-5H3. The summed E-state index contributed by atoms with van der Waals surface area (Å²) in [4.78, 5) is 0. The van der Waals surface area contributed by atoms with Gasteiger partial charge in [0.2, 0.25) is 0 Å². The zero-order chi connectivity index (χ0) is 6.73. The van der Waals surface area contributed by atoms with Gasteiger partial charge in [-0.1, -0.05) is 22.5 Å². The fraction of sp³-hybridized carbons (Fsp3) is 1.00. The van der Waals surface area contributed by atoms with E-state index in [9.17, 15) is 0 Å². The molecule has 0 aliphatic rings. The Balaban J connectivity index is 3.46. The van der Waals surface area contributed by atoms with E-state index >= 15 is 0 Å². The van der Waals surface area contributed by atoms with Gasteiger partial charge < -0.3 is 0 Å². The van der Waals surface area contributed by atoms with Gasteiger partial charge in [-0.05, 0) is 33.3 Å². The summed E-state index contributed by atoms with van der Waals surface area (Å²) in [7, 11) is 1.22. The van der Waals surface area contributed by atoms with E-state index in [2.05, 4.69) is 33.3 Å². The Hall–Kier alpha value is 1.29. The van der Waals surface area contributed by atoms with Gasteiger partial charge in [-0.25, -0.2) is 0 Å². The smallest absolute Gasteiger partial charge is 0.0367 e. The van der Waals surface area contributed by atoms with Crippen molar-refractivity contribution in [2.24, 2.45) is 0 Å². The van der Waals surface area contributed by atoms with Gasteiger partial charge in [0, 0.05) is 0 Å². The van der Waals surface area contributed by atoms with Crippen LogP contribution in [0.15, 0.2) is 0 Å². The second kappa shape index (κ2) is 4.16. The molecule has 0 aromatic rings. The van der Waals surface area contributed by atoms with Crippen molar-refractivity contribution in [3.05, 3.63) is 0 Å². The molecule has 0 aliphatic heterocycles. The van der Waals surface area contributed by atoms with Gasteiger partial charge >= 0.3 is 0 Å². The molecule has 0 saturated carbocycles. The monoisotopic (exact) mass is 168 g/mol. The molecule has 0 heterocycles. The van der Waals surface area contributed by atoms with Crippen LogP contribution in [0.5, 0.6) is 0 Å². The number of rotatable bonds is 2. The third kappa shape index (κ3) is 3.34. The van der Waals surface area contributed by atoms with Crippen LogP contribution in [-0.4, -0.2) is 33.3 Å². The van der Waals surface area contributed by atoms with Crippen molar-refractivity contribution in [3.63, 3.8) is 0 Å². The van der Waals surface area contributed by atoms with Gasteiger partial charge in [0.15, 0.2) is 0 Å². The summed E-state index contributed by atoms with van der Waals surface area (Å²) in [5.41, 5.74) is 0. The van der Waals surface area contributed by atoms with Crippen LogP contribution in [0.25, 0.3) is 0 Å². The van der Waals surface area contributed by atoms with Crippen LogP contribution in [0, 0.1) is 0 Å². The molecular formula is C5H15P3. The lowest BCUT2D eigenvalue weighted by molar-refractivity contribution is 2.25. The highest BCUT2D eigenvalue weighted by atomic mass is 32.5. The minimum absolute atomic E-state index is 0.392. The molecule has 0 aromatic carbocycles. The van der Waals surface area contributed by atoms with Crippen LogP contribution >= 0.6 is 22.5 Å². The second-order valence-electron chi connectivity index (χ2n) is 2.18. The van der Waals surface area contributed by atoms with Gasteiger partial charge in [-0.2, -0.15) is 0 Å². The molecule has 0 aromatic heterocycles. The van der Waals surface area contributed by atoms with Gasteiger partial charge in [0.1, 0.15) is 0 Å². The summed E-state index contributed by atoms with van der Waals surface area (Å²) in [6.45, 7) is 12.0. The van der Waals surface area contributed by atoms with E-state index in [0.717, 1.165) is 0 Å². The van der Waals surface area contributed by atoms with Crippen molar-refractivity contribution in [1.82, 2.24) is 0 Å². The van der Waals surface area contributed by atoms with Crippen LogP contribution < -0.4 is 0 Å². The van der Waals surface area contributed by atoms with Crippen LogP contribution in [-0.2, 0) is 0 Å². The van der Waals surface area contributed by atoms with Crippen molar-refractivity contribution in [2.45, 2.75) is 0 Å². The average Bonchev–Trinajstić information content (AvgIpc) is 1.64. The molecule has 0 amide bonds. The molecule has 0 nitrogen and oxygen atoms in total. The molecular weight excluding hydrogens is 153 g/mol. The fourth-order valence-corrected chi connectivity index (χ4v) is 9.66. The lowest BCUT2D eigenvalue weighted by Crippen LogP contribution is -1.64. The maximum Gasteiger partial charge on any atom is -0.0367 e. The molecule has 0 unspecified atom stereocenters. The molecule has 0 atom stereocenters. The fourth-order valence-electron chi connectivity index (χ4n) is 0.358. The van der Waals surface area contributed by atoms with E-state index in [4.69, 9.17) is 0 Å². The molecule has 0 N–H and O–H groups in total. The number of hydrogen-bond donors (Lipinski definition) is 0. The van der Waals surface area contributed by atoms with E-state index in [0.29, 0.717) is 22.5 Å². The topological polar surface area (TPSA) is 0 Å². The van der Waals surface area contributed by atoms with Crippen LogP contribution in [0.1, 0.15) is 0 Å². The van der Waals surface area contributed by atoms with Crippen LogP contribution in [0.4, 0.5) is 0 Å². The lowest BCUT2D eigenvalue weighted by Gasteiger charge is -2.20. The largest absolute Gasteiger partial charge is 0.0832 e. The van der Waals surface area contributed by atoms with E-state index in [-0.39, 0.29) is 0 Å². The maximum absolute atomic E-state index is 2.44. The SMILES string of the molecule is CP(C)P(C)P(C)C. The van der Waals surface area contributed by atoms with Crippen LogP contribution in [0.3, 0.4) is 0 Å². The first-order valence-corrected chi connectivity index (χ1v) is 10.3. The van der Waals surface area contributed by atoms with Crippen LogP contribution in [0.2, 0.25) is 0 Å². The summed E-state index contributed by atoms with van der Waals surface area (Å²) >= 11 is 0. The first-order valence-electron chi connectivity index (χ1n) is 2.64. The predicted octanol–water partition coefficient (Wildman–Crippen LogP) is 3.41. The maximum atomic E-state index is 2.44. The third-order valence-electron chi connectivity index (χ3n) is 1.16. The molecule has 0 saturated heterocycles. The molecule has 3 heteroatoms. The Labute approximate surface area is 56.5 Å². The van der Waals surface area contributed by atoms with Crippen molar-refractivity contribution in [3.8, 4) is 0 Å². The van der Waals surface area contributed by atoms with E-state index in [1.807, 2.05) is 0 Å². The van der Waals surface area contributed by atoms with Crippen molar-refractivity contribution < 1.29 is 0 Å². The van der Waals surface area contributed by atoms with Gasteiger partial charge in [0.05, 0.1) is 0 Å². The molecule has 0 rings (SSSR count). The molecule has 0 radical (unpaired) electrons. The zero-order valence-electron chi connectivity index (χ0n) is 6.34. The predicted molar refractivity (Wildman–Crippen MR) is 50.4 cm³/mol. The molecule has 8 heavy (non-hydrogen) atoms. The Morgan fingerprint density at radius 3 is 0.875 bits per heavy atom. The van der Waals surface area contributed by atoms with E-state index in [1.165, 1.54) is 0 Å². The quantitative estimate of drug-likeness (QED) is 0.554. The Bertz CT molecular complexity index is 52.7. The first kappa shape index (κ1) is 9.29. The molecule has 0 spiro atoms. The molecule has 0 bridgehead atoms. The minimum atomic E-state index is 0.392. The third-order valence-corrected chi connectivity index (χ3v) is 16.9. The van der Waals surface area contributed by atoms with Gasteiger partial charge in [-0.3, -0.25) is 0 Å². The van der Waals surface area contributed by atoms with E-state index in [1.54, 1.807) is 0 Å². The summed E-state index contributed by atoms with van der Waals surface area (Å²) in [6.07, 6.45) is 0. The minimum Gasteiger partial charge on any atom is -0.0832 e. The summed E-state index contributed by atoms with van der Waals surface area (Å²) < 4.78 is 0. The average molecular weight is 168 g/mol. The lowest BCUT2D eigenvalue weighted by atomic mass is 11.9. The van der Waals surface area contributed by atoms with Gasteiger partial charge in [0.25, 0.3) is 0 Å². The highest BCUT2D eigenvalue weighted by molar-refractivity contribution is 8.60. The van der Waals surface area contributed by atoms with Gasteiger partial charge in [-0.15, -0.1) is 0 Å². The Morgan fingerprint density at radius 2 is 0.875 bits per heavy atom. The van der Waals surface area contributed by atoms with Crippen molar-refractivity contribution in [1.29, 1.82) is 0 Å². The van der Waals surface area contributed by atoms with E-state index < -0.39 is 0 Å². The highest BCUT2D eigenvalue weighted by Gasteiger charge is 2.07. The normalized spacial score (nSPS) is 12.0. The highest BCUT2D eigenvalue weighted by Crippen LogP contribution is 2.79. The first-order chi connectivity index (χ1) is 3.55. The van der Waals surface area contributed by atoms with Crippen molar-refractivity contribution >= 4 is 22.5 Å². The summed E-state index contributed by atoms with van der Waals surface area (Å²) in [6, 6.07) is 0. The second-order valence-corrected chi connectivity index (χ2v) is 15.9. The Morgan fingerprint density at radius 1 is 0.625 bits per heavy atom. The Kier molecular flexibility index (Phi) is 4.83. The zero-order valence-corrected chi connectivity index (χ0v) is 9.02. The van der Waals surface area contributed by atoms with Crippen molar-refractivity contribution in [2.75, 3.05) is 33.3 Å². The molecule has 0 aliphatic carbocycles. The number of hydrogen-bond acceptors (Lipinski definition) is 0. The molecule has 0 fully saturated rings.